The van der Waals surface area contributed by atoms with Crippen molar-refractivity contribution in [2.24, 2.45) is 0 Å². The van der Waals surface area contributed by atoms with Gasteiger partial charge in [0.1, 0.15) is 5.38 Å². The summed E-state index contributed by atoms with van der Waals surface area (Å²) in [5.74, 6) is -4.71. The lowest BCUT2D eigenvalue weighted by Gasteiger charge is -2.25. The van der Waals surface area contributed by atoms with Crippen LogP contribution in [0, 0.1) is 0 Å². The number of ether oxygens (including phenoxy) is 2. The molecule has 2 nitrogen and oxygen atoms in total. The highest BCUT2D eigenvalue weighted by molar-refractivity contribution is 9.10. The average Bonchev–Trinajstić information content (AvgIpc) is 2.60. The van der Waals surface area contributed by atoms with Gasteiger partial charge in [-0.05, 0) is 17.7 Å². The van der Waals surface area contributed by atoms with Gasteiger partial charge in [0, 0.05) is 10.9 Å². The van der Waals surface area contributed by atoms with Crippen molar-refractivity contribution in [3.8, 4) is 11.5 Å². The highest BCUT2D eigenvalue weighted by Crippen LogP contribution is 2.51. The number of alkyl halides is 6. The van der Waals surface area contributed by atoms with Gasteiger partial charge in [0.15, 0.2) is 11.5 Å². The first-order chi connectivity index (χ1) is 9.64. The minimum atomic E-state index is -5.75. The molecule has 0 radical (unpaired) electrons. The van der Waals surface area contributed by atoms with Crippen LogP contribution in [0.2, 0.25) is 0 Å². The van der Waals surface area contributed by atoms with Crippen molar-refractivity contribution in [2.75, 3.05) is 13.2 Å². The Morgan fingerprint density at radius 1 is 1.05 bits per heavy atom. The molecule has 1 heterocycles. The van der Waals surface area contributed by atoms with Crippen molar-refractivity contribution in [3.05, 3.63) is 22.2 Å². The monoisotopic (exact) mass is 394 g/mol. The minimum absolute atomic E-state index is 0.00400. The van der Waals surface area contributed by atoms with E-state index in [0.717, 1.165) is 6.07 Å². The third kappa shape index (κ3) is 3.21. The third-order valence-electron chi connectivity index (χ3n) is 2.84. The fraction of sp³-hybridized carbons (Fsp3) is 0.500. The van der Waals surface area contributed by atoms with E-state index in [1.165, 1.54) is 6.07 Å². The fourth-order valence-corrected chi connectivity index (χ4v) is 2.72. The van der Waals surface area contributed by atoms with Crippen LogP contribution < -0.4 is 9.47 Å². The summed E-state index contributed by atoms with van der Waals surface area (Å²) in [6, 6.07) is 2.32. The molecule has 118 valence electrons. The van der Waals surface area contributed by atoms with E-state index in [1.54, 1.807) is 0 Å². The Kier molecular flexibility index (Phi) is 4.58. The van der Waals surface area contributed by atoms with Gasteiger partial charge in [-0.1, -0.05) is 15.9 Å². The van der Waals surface area contributed by atoms with E-state index < -0.39 is 23.0 Å². The zero-order chi connectivity index (χ0) is 15.8. The highest BCUT2D eigenvalue weighted by Gasteiger charge is 2.62. The molecule has 0 aromatic heterocycles. The lowest BCUT2D eigenvalue weighted by molar-refractivity contribution is -0.283. The Hall–Kier alpha value is -0.760. The Bertz CT molecular complexity index is 535. The molecule has 0 spiro atoms. The normalized spacial score (nSPS) is 17.3. The predicted octanol–water partition coefficient (Wildman–Crippen LogP) is 5.09. The van der Waals surface area contributed by atoms with Gasteiger partial charge >= 0.3 is 12.1 Å². The van der Waals surface area contributed by atoms with Crippen molar-refractivity contribution in [2.45, 2.75) is 23.9 Å². The molecule has 0 aliphatic carbocycles. The third-order valence-corrected chi connectivity index (χ3v) is 4.03. The standard InChI is InChI=1S/C12H9BrClF5O2/c13-7-5-9-8(20-2-1-3-21-9)4-6(7)10(14)11(15,16)12(17,18)19/h4-5,10H,1-3H2. The van der Waals surface area contributed by atoms with Crippen LogP contribution in [0.1, 0.15) is 17.4 Å². The van der Waals surface area contributed by atoms with E-state index in [0.29, 0.717) is 13.0 Å². The predicted molar refractivity (Wildman–Crippen MR) is 69.3 cm³/mol. The summed E-state index contributed by atoms with van der Waals surface area (Å²) in [6.45, 7) is 0.637. The first-order valence-electron chi connectivity index (χ1n) is 5.82. The SMILES string of the molecule is FC(F)(F)C(F)(F)C(Cl)c1cc2c(cc1Br)OCCCO2. The number of fused-ring (bicyclic) bond motifs is 1. The van der Waals surface area contributed by atoms with Crippen molar-refractivity contribution in [1.29, 1.82) is 0 Å². The number of hydrogen-bond donors (Lipinski definition) is 0. The maximum absolute atomic E-state index is 13.4. The van der Waals surface area contributed by atoms with Gasteiger partial charge in [-0.3, -0.25) is 0 Å². The molecule has 21 heavy (non-hydrogen) atoms. The summed E-state index contributed by atoms with van der Waals surface area (Å²) in [7, 11) is 0. The molecule has 0 N–H and O–H groups in total. The van der Waals surface area contributed by atoms with Gasteiger partial charge < -0.3 is 9.47 Å². The van der Waals surface area contributed by atoms with Gasteiger partial charge in [-0.2, -0.15) is 22.0 Å². The van der Waals surface area contributed by atoms with Gasteiger partial charge in [0.2, 0.25) is 0 Å². The van der Waals surface area contributed by atoms with E-state index in [2.05, 4.69) is 15.9 Å². The molecule has 1 aromatic rings. The topological polar surface area (TPSA) is 18.5 Å². The van der Waals surface area contributed by atoms with Crippen LogP contribution in [-0.2, 0) is 0 Å². The van der Waals surface area contributed by atoms with Crippen LogP contribution in [0.5, 0.6) is 11.5 Å². The smallest absolute Gasteiger partial charge is 0.455 e. The molecular weight excluding hydrogens is 386 g/mol. The molecular formula is C12H9BrClF5O2. The molecule has 1 aliphatic heterocycles. The molecule has 1 unspecified atom stereocenters. The van der Waals surface area contributed by atoms with Crippen LogP contribution in [0.15, 0.2) is 16.6 Å². The van der Waals surface area contributed by atoms with Crippen molar-refractivity contribution < 1.29 is 31.4 Å². The molecule has 2 rings (SSSR count). The molecule has 1 atom stereocenters. The average molecular weight is 396 g/mol. The summed E-state index contributed by atoms with van der Waals surface area (Å²) < 4.78 is 74.5. The zero-order valence-corrected chi connectivity index (χ0v) is 12.7. The Labute approximate surface area is 130 Å². The fourth-order valence-electron chi connectivity index (χ4n) is 1.73. The summed E-state index contributed by atoms with van der Waals surface area (Å²) in [5.41, 5.74) is -0.414. The second-order valence-electron chi connectivity index (χ2n) is 4.35. The van der Waals surface area contributed by atoms with Crippen LogP contribution >= 0.6 is 27.5 Å². The van der Waals surface area contributed by atoms with Crippen LogP contribution in [-0.4, -0.2) is 25.3 Å². The number of hydrogen-bond acceptors (Lipinski definition) is 2. The van der Waals surface area contributed by atoms with Gasteiger partial charge in [-0.25, -0.2) is 0 Å². The number of halogens is 7. The second kappa shape index (κ2) is 5.79. The van der Waals surface area contributed by atoms with E-state index in [9.17, 15) is 22.0 Å². The highest BCUT2D eigenvalue weighted by atomic mass is 79.9. The quantitative estimate of drug-likeness (QED) is 0.513. The first kappa shape index (κ1) is 16.6. The Morgan fingerprint density at radius 2 is 1.57 bits per heavy atom. The van der Waals surface area contributed by atoms with E-state index >= 15 is 0 Å². The molecule has 1 aliphatic rings. The number of rotatable bonds is 2. The largest absolute Gasteiger partial charge is 0.490 e. The van der Waals surface area contributed by atoms with Crippen molar-refractivity contribution in [1.82, 2.24) is 0 Å². The second-order valence-corrected chi connectivity index (χ2v) is 5.64. The molecule has 0 fully saturated rings. The van der Waals surface area contributed by atoms with Gasteiger partial charge in [-0.15, -0.1) is 11.6 Å². The molecule has 0 saturated heterocycles. The lowest BCUT2D eigenvalue weighted by Crippen LogP contribution is -2.40. The summed E-state index contributed by atoms with van der Waals surface area (Å²) in [4.78, 5) is 0. The Balaban J connectivity index is 2.42. The van der Waals surface area contributed by atoms with E-state index in [4.69, 9.17) is 21.1 Å². The summed E-state index contributed by atoms with van der Waals surface area (Å²) >= 11 is 8.31. The van der Waals surface area contributed by atoms with Gasteiger partial charge in [0.05, 0.1) is 13.2 Å². The molecule has 1 aromatic carbocycles. The minimum Gasteiger partial charge on any atom is -0.490 e. The summed E-state index contributed by atoms with van der Waals surface area (Å²) in [6.07, 6.45) is -5.17. The molecule has 9 heteroatoms. The van der Waals surface area contributed by atoms with Crippen LogP contribution in [0.25, 0.3) is 0 Å². The molecule has 0 amide bonds. The maximum atomic E-state index is 13.4. The number of benzene rings is 1. The van der Waals surface area contributed by atoms with Gasteiger partial charge in [0.25, 0.3) is 0 Å². The van der Waals surface area contributed by atoms with E-state index in [1.807, 2.05) is 0 Å². The zero-order valence-electron chi connectivity index (χ0n) is 10.3. The van der Waals surface area contributed by atoms with Crippen molar-refractivity contribution in [3.63, 3.8) is 0 Å². The van der Waals surface area contributed by atoms with Crippen LogP contribution in [0.3, 0.4) is 0 Å². The van der Waals surface area contributed by atoms with Crippen molar-refractivity contribution >= 4 is 27.5 Å². The Morgan fingerprint density at radius 3 is 2.10 bits per heavy atom. The summed E-state index contributed by atoms with van der Waals surface area (Å²) in [5, 5.41) is -2.58. The molecule has 0 bridgehead atoms. The first-order valence-corrected chi connectivity index (χ1v) is 7.05. The van der Waals surface area contributed by atoms with E-state index in [-0.39, 0.29) is 22.6 Å². The van der Waals surface area contributed by atoms with Crippen LogP contribution in [0.4, 0.5) is 22.0 Å². The molecule has 0 saturated carbocycles. The lowest BCUT2D eigenvalue weighted by atomic mass is 10.1. The maximum Gasteiger partial charge on any atom is 0.455 e.